The quantitative estimate of drug-likeness (QED) is 0.787. The van der Waals surface area contributed by atoms with E-state index in [2.05, 4.69) is 15.5 Å². The highest BCUT2D eigenvalue weighted by molar-refractivity contribution is 6.33. The minimum absolute atomic E-state index is 0.0459. The zero-order chi connectivity index (χ0) is 12.4. The molecule has 1 aromatic carbocycles. The van der Waals surface area contributed by atoms with Gasteiger partial charge in [0, 0.05) is 12.7 Å². The van der Waals surface area contributed by atoms with Crippen LogP contribution in [0.15, 0.2) is 22.7 Å². The Labute approximate surface area is 102 Å². The van der Waals surface area contributed by atoms with E-state index in [1.807, 2.05) is 0 Å². The summed E-state index contributed by atoms with van der Waals surface area (Å²) in [6.45, 7) is 0. The number of carbonyl (C=O) groups excluding carboxylic acids is 1. The highest BCUT2D eigenvalue weighted by atomic mass is 35.5. The third-order valence-corrected chi connectivity index (χ3v) is 2.39. The molecule has 0 unspecified atom stereocenters. The molecule has 0 saturated heterocycles. The molecule has 7 heteroatoms. The molecule has 0 atom stereocenters. The van der Waals surface area contributed by atoms with Gasteiger partial charge in [0.2, 0.25) is 0 Å². The molecule has 0 aliphatic carbocycles. The smallest absolute Gasteiger partial charge is 0.292 e. The summed E-state index contributed by atoms with van der Waals surface area (Å²) in [6, 6.07) is 4.88. The van der Waals surface area contributed by atoms with Gasteiger partial charge < -0.3 is 15.6 Å². The van der Waals surface area contributed by atoms with E-state index >= 15 is 0 Å². The topological polar surface area (TPSA) is 94.0 Å². The molecular weight excluding hydrogens is 244 g/mol. The second-order valence-corrected chi connectivity index (χ2v) is 3.65. The standard InChI is InChI=1S/C10H9ClN4O2/c1-13-9(16)8-14-10(17-15-8)6-3-2-5(12)4-7(6)11/h2-4H,12H2,1H3,(H,13,16). The lowest BCUT2D eigenvalue weighted by atomic mass is 10.2. The van der Waals surface area contributed by atoms with Gasteiger partial charge in [-0.2, -0.15) is 4.98 Å². The summed E-state index contributed by atoms with van der Waals surface area (Å²) in [5.41, 5.74) is 6.63. The van der Waals surface area contributed by atoms with Crippen LogP contribution < -0.4 is 11.1 Å². The van der Waals surface area contributed by atoms with Crippen LogP contribution in [0.2, 0.25) is 5.02 Å². The summed E-state index contributed by atoms with van der Waals surface area (Å²) in [4.78, 5) is 15.2. The van der Waals surface area contributed by atoms with Crippen LogP contribution in [0.5, 0.6) is 0 Å². The Balaban J connectivity index is 2.40. The number of nitrogens with one attached hydrogen (secondary N) is 1. The van der Waals surface area contributed by atoms with Gasteiger partial charge in [-0.3, -0.25) is 4.79 Å². The van der Waals surface area contributed by atoms with E-state index in [9.17, 15) is 4.79 Å². The highest BCUT2D eigenvalue weighted by Gasteiger charge is 2.16. The molecule has 0 aliphatic heterocycles. The van der Waals surface area contributed by atoms with E-state index in [1.54, 1.807) is 18.2 Å². The van der Waals surface area contributed by atoms with Crippen LogP contribution in [0.25, 0.3) is 11.5 Å². The molecule has 1 heterocycles. The van der Waals surface area contributed by atoms with E-state index in [4.69, 9.17) is 21.9 Å². The molecule has 88 valence electrons. The fraction of sp³-hybridized carbons (Fsp3) is 0.100. The van der Waals surface area contributed by atoms with Gasteiger partial charge in [0.1, 0.15) is 0 Å². The van der Waals surface area contributed by atoms with Gasteiger partial charge in [0.05, 0.1) is 10.6 Å². The van der Waals surface area contributed by atoms with Gasteiger partial charge >= 0.3 is 0 Å². The van der Waals surface area contributed by atoms with Crippen molar-refractivity contribution < 1.29 is 9.32 Å². The number of carbonyl (C=O) groups is 1. The number of anilines is 1. The number of hydrogen-bond donors (Lipinski definition) is 2. The first-order chi connectivity index (χ1) is 8.11. The summed E-state index contributed by atoms with van der Waals surface area (Å²) < 4.78 is 4.95. The average molecular weight is 253 g/mol. The number of benzene rings is 1. The van der Waals surface area contributed by atoms with E-state index in [1.165, 1.54) is 7.05 Å². The number of amides is 1. The van der Waals surface area contributed by atoms with Crippen molar-refractivity contribution in [2.75, 3.05) is 12.8 Å². The monoisotopic (exact) mass is 252 g/mol. The average Bonchev–Trinajstić information content (AvgIpc) is 2.77. The number of rotatable bonds is 2. The number of nitrogen functional groups attached to an aromatic ring is 1. The normalized spacial score (nSPS) is 10.2. The molecule has 0 spiro atoms. The molecule has 0 fully saturated rings. The maximum atomic E-state index is 11.2. The van der Waals surface area contributed by atoms with Crippen LogP contribution in [-0.2, 0) is 0 Å². The van der Waals surface area contributed by atoms with Crippen molar-refractivity contribution in [3.05, 3.63) is 29.0 Å². The van der Waals surface area contributed by atoms with Gasteiger partial charge in [-0.25, -0.2) is 0 Å². The first-order valence-corrected chi connectivity index (χ1v) is 5.11. The predicted molar refractivity (Wildman–Crippen MR) is 62.5 cm³/mol. The first-order valence-electron chi connectivity index (χ1n) is 4.73. The van der Waals surface area contributed by atoms with Crippen LogP contribution in [0.4, 0.5) is 5.69 Å². The van der Waals surface area contributed by atoms with Crippen LogP contribution in [0.1, 0.15) is 10.6 Å². The van der Waals surface area contributed by atoms with Crippen LogP contribution in [0, 0.1) is 0 Å². The Kier molecular flexibility index (Phi) is 2.97. The molecule has 0 aliphatic rings. The Morgan fingerprint density at radius 1 is 1.53 bits per heavy atom. The molecule has 2 rings (SSSR count). The number of aromatic nitrogens is 2. The van der Waals surface area contributed by atoms with Crippen LogP contribution in [0.3, 0.4) is 0 Å². The van der Waals surface area contributed by atoms with E-state index in [0.29, 0.717) is 16.3 Å². The maximum Gasteiger partial charge on any atom is 0.292 e. The van der Waals surface area contributed by atoms with Crippen LogP contribution in [-0.4, -0.2) is 23.1 Å². The molecule has 6 nitrogen and oxygen atoms in total. The molecule has 3 N–H and O–H groups in total. The van der Waals surface area contributed by atoms with Gasteiger partial charge in [-0.05, 0) is 18.2 Å². The molecule has 17 heavy (non-hydrogen) atoms. The Morgan fingerprint density at radius 3 is 2.94 bits per heavy atom. The lowest BCUT2D eigenvalue weighted by Crippen LogP contribution is -2.19. The summed E-state index contributed by atoms with van der Waals surface area (Å²) in [5.74, 6) is -0.296. The predicted octanol–water partition coefficient (Wildman–Crippen LogP) is 1.33. The highest BCUT2D eigenvalue weighted by Crippen LogP contribution is 2.28. The van der Waals surface area contributed by atoms with Gasteiger partial charge in [-0.15, -0.1) is 0 Å². The molecule has 0 bridgehead atoms. The number of nitrogens with zero attached hydrogens (tertiary/aromatic N) is 2. The van der Waals surface area contributed by atoms with Crippen molar-refractivity contribution in [3.8, 4) is 11.5 Å². The minimum Gasteiger partial charge on any atom is -0.399 e. The second-order valence-electron chi connectivity index (χ2n) is 3.24. The summed E-state index contributed by atoms with van der Waals surface area (Å²) in [5, 5.41) is 6.32. The Bertz CT molecular complexity index is 567. The largest absolute Gasteiger partial charge is 0.399 e. The molecule has 2 aromatic rings. The summed E-state index contributed by atoms with van der Waals surface area (Å²) in [6.07, 6.45) is 0. The number of hydrogen-bond acceptors (Lipinski definition) is 5. The fourth-order valence-corrected chi connectivity index (χ4v) is 1.51. The van der Waals surface area contributed by atoms with Crippen LogP contribution >= 0.6 is 11.6 Å². The van der Waals surface area contributed by atoms with Gasteiger partial charge in [0.25, 0.3) is 17.6 Å². The second kappa shape index (κ2) is 4.42. The van der Waals surface area contributed by atoms with E-state index < -0.39 is 5.91 Å². The van der Waals surface area contributed by atoms with Gasteiger partial charge in [0.15, 0.2) is 0 Å². The zero-order valence-corrected chi connectivity index (χ0v) is 9.65. The first kappa shape index (κ1) is 11.4. The summed E-state index contributed by atoms with van der Waals surface area (Å²) in [7, 11) is 1.48. The zero-order valence-electron chi connectivity index (χ0n) is 8.90. The van der Waals surface area contributed by atoms with Crippen molar-refractivity contribution in [1.82, 2.24) is 15.5 Å². The molecular formula is C10H9ClN4O2. The molecule has 0 radical (unpaired) electrons. The van der Waals surface area contributed by atoms with Crippen molar-refractivity contribution in [1.29, 1.82) is 0 Å². The van der Waals surface area contributed by atoms with Crippen molar-refractivity contribution in [3.63, 3.8) is 0 Å². The number of halogens is 1. The van der Waals surface area contributed by atoms with Crippen molar-refractivity contribution >= 4 is 23.2 Å². The summed E-state index contributed by atoms with van der Waals surface area (Å²) >= 11 is 5.98. The Hall–Kier alpha value is -2.08. The minimum atomic E-state index is -0.424. The maximum absolute atomic E-state index is 11.2. The van der Waals surface area contributed by atoms with Crippen molar-refractivity contribution in [2.24, 2.45) is 0 Å². The van der Waals surface area contributed by atoms with E-state index in [-0.39, 0.29) is 11.7 Å². The lowest BCUT2D eigenvalue weighted by molar-refractivity contribution is 0.0950. The van der Waals surface area contributed by atoms with Gasteiger partial charge in [-0.1, -0.05) is 16.8 Å². The molecule has 1 amide bonds. The lowest BCUT2D eigenvalue weighted by Gasteiger charge is -1.99. The molecule has 1 aromatic heterocycles. The van der Waals surface area contributed by atoms with E-state index in [0.717, 1.165) is 0 Å². The fourth-order valence-electron chi connectivity index (χ4n) is 1.24. The Morgan fingerprint density at radius 2 is 2.29 bits per heavy atom. The molecule has 0 saturated carbocycles. The van der Waals surface area contributed by atoms with Crippen molar-refractivity contribution in [2.45, 2.75) is 0 Å². The third-order valence-electron chi connectivity index (χ3n) is 2.08. The third kappa shape index (κ3) is 2.21. The SMILES string of the molecule is CNC(=O)c1noc(-c2ccc(N)cc2Cl)n1. The number of nitrogens with two attached hydrogens (primary N) is 1.